The second-order valence-electron chi connectivity index (χ2n) is 10.1. The third-order valence-corrected chi connectivity index (χ3v) is 7.52. The molecule has 8 heteroatoms. The fourth-order valence-electron chi connectivity index (χ4n) is 5.52. The lowest BCUT2D eigenvalue weighted by Gasteiger charge is -2.40. The van der Waals surface area contributed by atoms with Crippen LogP contribution in [0.15, 0.2) is 72.8 Å². The average Bonchev–Trinajstić information content (AvgIpc) is 3.26. The number of hydrogen-bond acceptors (Lipinski definition) is 5. The van der Waals surface area contributed by atoms with Gasteiger partial charge in [-0.15, -0.1) is 0 Å². The van der Waals surface area contributed by atoms with E-state index < -0.39 is 12.1 Å². The van der Waals surface area contributed by atoms with Crippen molar-refractivity contribution in [2.24, 2.45) is 5.73 Å². The lowest BCUT2D eigenvalue weighted by molar-refractivity contribution is -0.134. The number of aryl methyl sites for hydroxylation is 1. The maximum atomic E-state index is 13.4. The molecule has 2 aliphatic rings. The molecule has 5 rings (SSSR count). The summed E-state index contributed by atoms with van der Waals surface area (Å²) in [5, 5.41) is 2.90. The van der Waals surface area contributed by atoms with E-state index >= 15 is 0 Å². The number of fused-ring (bicyclic) bond motifs is 3. The Morgan fingerprint density at radius 2 is 1.56 bits per heavy atom. The van der Waals surface area contributed by atoms with E-state index in [1.807, 2.05) is 55.5 Å². The molecule has 8 nitrogen and oxygen atoms in total. The summed E-state index contributed by atoms with van der Waals surface area (Å²) in [6, 6.07) is 23.4. The highest BCUT2D eigenvalue weighted by Crippen LogP contribution is 2.44. The number of hydrogen-bond donors (Lipinski definition) is 2. The summed E-state index contributed by atoms with van der Waals surface area (Å²) in [5.41, 5.74) is 12.0. The minimum Gasteiger partial charge on any atom is -0.448 e. The quantitative estimate of drug-likeness (QED) is 0.482. The molecular formula is C31H34N4O4. The number of benzene rings is 3. The van der Waals surface area contributed by atoms with Crippen LogP contribution in [0.2, 0.25) is 0 Å². The molecule has 3 amide bonds. The van der Waals surface area contributed by atoms with Gasteiger partial charge in [-0.25, -0.2) is 4.79 Å². The van der Waals surface area contributed by atoms with Gasteiger partial charge in [0.15, 0.2) is 0 Å². The lowest BCUT2D eigenvalue weighted by atomic mass is 9.98. The number of carbonyl (C=O) groups is 3. The van der Waals surface area contributed by atoms with Crippen LogP contribution in [0, 0.1) is 6.92 Å². The summed E-state index contributed by atoms with van der Waals surface area (Å²) >= 11 is 0. The van der Waals surface area contributed by atoms with E-state index in [2.05, 4.69) is 29.6 Å². The SMILES string of the molecule is Cc1ccc(NC(=O)CC2CN(C(=O)CCN)CCN2C(=O)OCC2c3ccccc3-c3ccccc32)cc1. The third kappa shape index (κ3) is 5.81. The molecule has 3 aromatic rings. The van der Waals surface area contributed by atoms with Crippen LogP contribution in [0.25, 0.3) is 11.1 Å². The molecule has 0 radical (unpaired) electrons. The molecule has 1 aliphatic carbocycles. The van der Waals surface area contributed by atoms with Gasteiger partial charge in [-0.1, -0.05) is 66.2 Å². The number of nitrogens with one attached hydrogen (secondary N) is 1. The minimum absolute atomic E-state index is 0.0461. The second-order valence-corrected chi connectivity index (χ2v) is 10.1. The molecule has 0 spiro atoms. The molecule has 1 heterocycles. The Morgan fingerprint density at radius 3 is 2.21 bits per heavy atom. The largest absolute Gasteiger partial charge is 0.448 e. The van der Waals surface area contributed by atoms with Crippen LogP contribution < -0.4 is 11.1 Å². The summed E-state index contributed by atoms with van der Waals surface area (Å²) in [7, 11) is 0. The van der Waals surface area contributed by atoms with E-state index in [1.54, 1.807) is 9.80 Å². The molecule has 202 valence electrons. The summed E-state index contributed by atoms with van der Waals surface area (Å²) < 4.78 is 5.90. The number of anilines is 1. The van der Waals surface area contributed by atoms with Gasteiger partial charge < -0.3 is 25.6 Å². The normalized spacial score (nSPS) is 16.4. The summed E-state index contributed by atoms with van der Waals surface area (Å²) in [4.78, 5) is 42.2. The molecule has 1 unspecified atom stereocenters. The monoisotopic (exact) mass is 526 g/mol. The van der Waals surface area contributed by atoms with Crippen LogP contribution in [0.1, 0.15) is 35.4 Å². The van der Waals surface area contributed by atoms with Crippen LogP contribution >= 0.6 is 0 Å². The van der Waals surface area contributed by atoms with Crippen molar-refractivity contribution < 1.29 is 19.1 Å². The molecule has 3 aromatic carbocycles. The third-order valence-electron chi connectivity index (χ3n) is 7.52. The highest BCUT2D eigenvalue weighted by atomic mass is 16.6. The Hall–Kier alpha value is -4.17. The number of ether oxygens (including phenoxy) is 1. The Labute approximate surface area is 228 Å². The molecule has 1 fully saturated rings. The number of rotatable bonds is 7. The molecule has 0 saturated carbocycles. The first-order valence-corrected chi connectivity index (χ1v) is 13.4. The number of nitrogens with two attached hydrogens (primary N) is 1. The molecule has 39 heavy (non-hydrogen) atoms. The Bertz CT molecular complexity index is 1310. The number of nitrogens with zero attached hydrogens (tertiary/aromatic N) is 2. The molecular weight excluding hydrogens is 492 g/mol. The van der Waals surface area contributed by atoms with Gasteiger partial charge in [-0.3, -0.25) is 9.59 Å². The van der Waals surface area contributed by atoms with Crippen molar-refractivity contribution in [3.05, 3.63) is 89.5 Å². The molecule has 1 saturated heterocycles. The zero-order chi connectivity index (χ0) is 27.4. The number of carbonyl (C=O) groups excluding carboxylic acids is 3. The number of piperazine rings is 1. The molecule has 0 bridgehead atoms. The van der Waals surface area contributed by atoms with E-state index in [0.717, 1.165) is 27.8 Å². The molecule has 1 atom stereocenters. The van der Waals surface area contributed by atoms with E-state index in [9.17, 15) is 14.4 Å². The maximum absolute atomic E-state index is 13.4. The van der Waals surface area contributed by atoms with E-state index in [0.29, 0.717) is 12.2 Å². The zero-order valence-electron chi connectivity index (χ0n) is 22.1. The van der Waals surface area contributed by atoms with Gasteiger partial charge in [0.1, 0.15) is 6.61 Å². The first-order valence-electron chi connectivity index (χ1n) is 13.4. The van der Waals surface area contributed by atoms with Crippen LogP contribution in [0.5, 0.6) is 0 Å². The molecule has 3 N–H and O–H groups in total. The van der Waals surface area contributed by atoms with Crippen molar-refractivity contribution in [2.75, 3.05) is 38.1 Å². The second kappa shape index (κ2) is 11.7. The van der Waals surface area contributed by atoms with Crippen molar-refractivity contribution in [3.8, 4) is 11.1 Å². The van der Waals surface area contributed by atoms with Crippen LogP contribution in [0.4, 0.5) is 10.5 Å². The predicted molar refractivity (Wildman–Crippen MR) is 150 cm³/mol. The fraction of sp³-hybridized carbons (Fsp3) is 0.323. The van der Waals surface area contributed by atoms with Gasteiger partial charge in [-0.05, 0) is 41.3 Å². The van der Waals surface area contributed by atoms with Gasteiger partial charge >= 0.3 is 6.09 Å². The predicted octanol–water partition coefficient (Wildman–Crippen LogP) is 4.13. The Morgan fingerprint density at radius 1 is 0.923 bits per heavy atom. The molecule has 0 aromatic heterocycles. The van der Waals surface area contributed by atoms with Crippen LogP contribution in [-0.4, -0.2) is 66.5 Å². The van der Waals surface area contributed by atoms with Gasteiger partial charge in [0.05, 0.1) is 6.04 Å². The fourth-order valence-corrected chi connectivity index (χ4v) is 5.52. The Kier molecular flexibility index (Phi) is 7.93. The lowest BCUT2D eigenvalue weighted by Crippen LogP contribution is -2.57. The zero-order valence-corrected chi connectivity index (χ0v) is 22.1. The van der Waals surface area contributed by atoms with E-state index in [4.69, 9.17) is 10.5 Å². The summed E-state index contributed by atoms with van der Waals surface area (Å²) in [6.45, 7) is 3.34. The molecule has 1 aliphatic heterocycles. The van der Waals surface area contributed by atoms with Crippen molar-refractivity contribution in [1.29, 1.82) is 0 Å². The van der Waals surface area contributed by atoms with E-state index in [-0.39, 0.29) is 56.8 Å². The van der Waals surface area contributed by atoms with Gasteiger partial charge in [0.2, 0.25) is 11.8 Å². The van der Waals surface area contributed by atoms with Crippen molar-refractivity contribution in [3.63, 3.8) is 0 Å². The van der Waals surface area contributed by atoms with Crippen LogP contribution in [0.3, 0.4) is 0 Å². The van der Waals surface area contributed by atoms with E-state index in [1.165, 1.54) is 0 Å². The standard InChI is InChI=1S/C31H34N4O4/c1-21-10-12-22(13-11-21)33-29(36)18-23-19-34(30(37)14-15-32)16-17-35(23)31(38)39-20-28-26-8-4-2-6-24(26)25-7-3-5-9-27(25)28/h2-13,23,28H,14-20,32H2,1H3,(H,33,36). The highest BCUT2D eigenvalue weighted by Gasteiger charge is 2.36. The number of amides is 3. The van der Waals surface area contributed by atoms with Crippen molar-refractivity contribution >= 4 is 23.6 Å². The van der Waals surface area contributed by atoms with Crippen molar-refractivity contribution in [2.45, 2.75) is 31.7 Å². The van der Waals surface area contributed by atoms with Crippen LogP contribution in [-0.2, 0) is 14.3 Å². The maximum Gasteiger partial charge on any atom is 0.410 e. The highest BCUT2D eigenvalue weighted by molar-refractivity contribution is 5.91. The minimum atomic E-state index is -0.512. The Balaban J connectivity index is 1.29. The first kappa shape index (κ1) is 26.4. The topological polar surface area (TPSA) is 105 Å². The van der Waals surface area contributed by atoms with Crippen molar-refractivity contribution in [1.82, 2.24) is 9.80 Å². The van der Waals surface area contributed by atoms with Gasteiger partial charge in [0.25, 0.3) is 0 Å². The average molecular weight is 527 g/mol. The first-order chi connectivity index (χ1) is 18.9. The summed E-state index contributed by atoms with van der Waals surface area (Å²) in [6.07, 6.45) is -0.200. The summed E-state index contributed by atoms with van der Waals surface area (Å²) in [5.74, 6) is -0.362. The van der Waals surface area contributed by atoms with Gasteiger partial charge in [0, 0.05) is 50.6 Å². The van der Waals surface area contributed by atoms with Gasteiger partial charge in [-0.2, -0.15) is 0 Å². The smallest absolute Gasteiger partial charge is 0.410 e.